The lowest BCUT2D eigenvalue weighted by atomic mass is 10.0. The Kier molecular flexibility index (Phi) is 8.86. The third-order valence-corrected chi connectivity index (χ3v) is 7.36. The number of benzene rings is 2. The predicted octanol–water partition coefficient (Wildman–Crippen LogP) is 4.33. The lowest BCUT2D eigenvalue weighted by molar-refractivity contribution is -0.137. The third-order valence-electron chi connectivity index (χ3n) is 7.36. The molecule has 0 radical (unpaired) electrons. The number of carbonyl (C=O) groups excluding carboxylic acids is 2. The largest absolute Gasteiger partial charge is 0.488 e. The smallest absolute Gasteiger partial charge is 0.416 e. The Morgan fingerprint density at radius 2 is 1.90 bits per heavy atom. The molecule has 2 aliphatic rings. The highest BCUT2D eigenvalue weighted by molar-refractivity contribution is 5.94. The predicted molar refractivity (Wildman–Crippen MR) is 141 cm³/mol. The summed E-state index contributed by atoms with van der Waals surface area (Å²) in [7, 11) is 1.87. The monoisotopic (exact) mass is 547 g/mol. The first kappa shape index (κ1) is 28.9. The van der Waals surface area contributed by atoms with E-state index in [0.29, 0.717) is 36.6 Å². The molecular weight excluding hydrogens is 511 g/mol. The Hall–Kier alpha value is -3.11. The minimum Gasteiger partial charge on any atom is -0.488 e. The lowest BCUT2D eigenvalue weighted by Gasteiger charge is -2.34. The Labute approximate surface area is 226 Å². The molecule has 0 aromatic heterocycles. The van der Waals surface area contributed by atoms with Crippen molar-refractivity contribution in [3.05, 3.63) is 59.2 Å². The molecule has 1 heterocycles. The average Bonchev–Trinajstić information content (AvgIpc) is 3.72. The van der Waals surface area contributed by atoms with Crippen molar-refractivity contribution >= 4 is 17.5 Å². The van der Waals surface area contributed by atoms with E-state index in [1.165, 1.54) is 12.1 Å². The Bertz CT molecular complexity index is 1170. The molecule has 0 spiro atoms. The van der Waals surface area contributed by atoms with Crippen LogP contribution in [0.2, 0.25) is 0 Å². The molecule has 7 nitrogen and oxygen atoms in total. The van der Waals surface area contributed by atoms with Crippen molar-refractivity contribution < 1.29 is 32.6 Å². The van der Waals surface area contributed by atoms with Crippen molar-refractivity contribution in [3.8, 4) is 5.75 Å². The fourth-order valence-electron chi connectivity index (χ4n) is 4.80. The number of rotatable bonds is 8. The van der Waals surface area contributed by atoms with Crippen molar-refractivity contribution in [2.45, 2.75) is 58.0 Å². The van der Waals surface area contributed by atoms with Crippen LogP contribution in [0.25, 0.3) is 0 Å². The van der Waals surface area contributed by atoms with Crippen LogP contribution in [0.4, 0.5) is 18.9 Å². The number of ether oxygens (including phenoxy) is 1. The van der Waals surface area contributed by atoms with Gasteiger partial charge in [0, 0.05) is 42.7 Å². The summed E-state index contributed by atoms with van der Waals surface area (Å²) in [6, 6.07) is 10.0. The molecule has 0 bridgehead atoms. The van der Waals surface area contributed by atoms with Crippen LogP contribution >= 0.6 is 0 Å². The van der Waals surface area contributed by atoms with Gasteiger partial charge in [-0.05, 0) is 62.7 Å². The van der Waals surface area contributed by atoms with Gasteiger partial charge in [0.25, 0.3) is 0 Å². The highest BCUT2D eigenvalue weighted by atomic mass is 19.4. The molecular formula is C29H36F3N3O4. The quantitative estimate of drug-likeness (QED) is 0.514. The zero-order chi connectivity index (χ0) is 28.3. The van der Waals surface area contributed by atoms with Gasteiger partial charge in [-0.1, -0.05) is 19.1 Å². The molecule has 2 N–H and O–H groups in total. The third kappa shape index (κ3) is 7.51. The number of aliphatic hydroxyl groups excluding tert-OH is 1. The summed E-state index contributed by atoms with van der Waals surface area (Å²) in [5.41, 5.74) is 1.30. The van der Waals surface area contributed by atoms with Crippen LogP contribution in [0.3, 0.4) is 0 Å². The van der Waals surface area contributed by atoms with Gasteiger partial charge >= 0.3 is 6.18 Å². The van der Waals surface area contributed by atoms with Gasteiger partial charge in [-0.25, -0.2) is 0 Å². The van der Waals surface area contributed by atoms with Crippen LogP contribution < -0.4 is 10.1 Å². The van der Waals surface area contributed by atoms with E-state index in [1.54, 1.807) is 30.0 Å². The highest BCUT2D eigenvalue weighted by Crippen LogP contribution is 2.33. The zero-order valence-corrected chi connectivity index (χ0v) is 22.5. The second kappa shape index (κ2) is 12.0. The van der Waals surface area contributed by atoms with Crippen LogP contribution in [0.1, 0.15) is 43.4 Å². The summed E-state index contributed by atoms with van der Waals surface area (Å²) in [6.45, 7) is 4.84. The maximum Gasteiger partial charge on any atom is 0.416 e. The van der Waals surface area contributed by atoms with Crippen LogP contribution in [0, 0.1) is 11.8 Å². The summed E-state index contributed by atoms with van der Waals surface area (Å²) in [5.74, 6) is 0.304. The van der Waals surface area contributed by atoms with Crippen LogP contribution in [-0.4, -0.2) is 65.6 Å². The Morgan fingerprint density at radius 1 is 1.21 bits per heavy atom. The SMILES string of the molecule is C[C@@H]1CN([C@@H](C)CO)C(=O)Cc2cc(NC(=O)C3CC3)ccc2O[C@@H]1CN(C)Cc1ccc(C(F)(F)F)cc1. The number of halogens is 3. The molecule has 1 aliphatic heterocycles. The van der Waals surface area contributed by atoms with Crippen molar-refractivity contribution in [3.63, 3.8) is 0 Å². The number of nitrogens with one attached hydrogen (secondary N) is 1. The standard InChI is InChI=1S/C29H36F3N3O4/c1-18-14-35(19(2)17-36)27(37)13-22-12-24(33-28(38)21-6-7-21)10-11-25(22)39-26(18)16-34(3)15-20-4-8-23(9-5-20)29(30,31)32/h4-5,8-12,18-19,21,26,36H,6-7,13-17H2,1-3H3,(H,33,38)/t18-,19+,26-/m1/s1. The van der Waals surface area contributed by atoms with Gasteiger partial charge < -0.3 is 20.1 Å². The maximum atomic E-state index is 13.3. The molecule has 0 unspecified atom stereocenters. The first-order valence-corrected chi connectivity index (χ1v) is 13.3. The molecule has 2 amide bonds. The lowest BCUT2D eigenvalue weighted by Crippen LogP contribution is -2.47. The van der Waals surface area contributed by atoms with E-state index >= 15 is 0 Å². The number of aliphatic hydroxyl groups is 1. The Morgan fingerprint density at radius 3 is 2.51 bits per heavy atom. The van der Waals surface area contributed by atoms with E-state index < -0.39 is 11.7 Å². The minimum atomic E-state index is -4.38. The number of likely N-dealkylation sites (N-methyl/N-ethyl adjacent to an activating group) is 1. The number of alkyl halides is 3. The van der Waals surface area contributed by atoms with Gasteiger partial charge in [-0.3, -0.25) is 14.5 Å². The topological polar surface area (TPSA) is 82.1 Å². The van der Waals surface area contributed by atoms with Crippen LogP contribution in [0.15, 0.2) is 42.5 Å². The van der Waals surface area contributed by atoms with E-state index in [4.69, 9.17) is 4.74 Å². The van der Waals surface area contributed by atoms with E-state index in [2.05, 4.69) is 5.32 Å². The van der Waals surface area contributed by atoms with Gasteiger partial charge in [0.1, 0.15) is 11.9 Å². The van der Waals surface area contributed by atoms with Crippen molar-refractivity contribution in [2.75, 3.05) is 32.1 Å². The highest BCUT2D eigenvalue weighted by Gasteiger charge is 2.33. The van der Waals surface area contributed by atoms with Crippen molar-refractivity contribution in [2.24, 2.45) is 11.8 Å². The molecule has 212 valence electrons. The van der Waals surface area contributed by atoms with E-state index in [0.717, 1.165) is 30.5 Å². The number of carbonyl (C=O) groups is 2. The van der Waals surface area contributed by atoms with Crippen molar-refractivity contribution in [1.82, 2.24) is 9.80 Å². The van der Waals surface area contributed by atoms with Gasteiger partial charge in [0.05, 0.1) is 24.6 Å². The summed E-state index contributed by atoms with van der Waals surface area (Å²) in [4.78, 5) is 29.3. The van der Waals surface area contributed by atoms with Crippen LogP contribution in [-0.2, 0) is 28.7 Å². The molecule has 2 aromatic rings. The van der Waals surface area contributed by atoms with E-state index in [1.807, 2.05) is 18.9 Å². The maximum absolute atomic E-state index is 13.3. The van der Waals surface area contributed by atoms with Crippen LogP contribution in [0.5, 0.6) is 5.75 Å². The molecule has 39 heavy (non-hydrogen) atoms. The number of anilines is 1. The second-order valence-electron chi connectivity index (χ2n) is 10.9. The fourth-order valence-corrected chi connectivity index (χ4v) is 4.80. The molecule has 2 aromatic carbocycles. The number of hydrogen-bond donors (Lipinski definition) is 2. The molecule has 1 aliphatic carbocycles. The molecule has 1 saturated carbocycles. The fraction of sp³-hybridized carbons (Fsp3) is 0.517. The first-order chi connectivity index (χ1) is 18.4. The number of nitrogens with zero attached hydrogens (tertiary/aromatic N) is 2. The number of hydrogen-bond acceptors (Lipinski definition) is 5. The van der Waals surface area contributed by atoms with E-state index in [-0.39, 0.29) is 48.8 Å². The minimum absolute atomic E-state index is 0.0304. The summed E-state index contributed by atoms with van der Waals surface area (Å²) >= 11 is 0. The summed E-state index contributed by atoms with van der Waals surface area (Å²) < 4.78 is 45.3. The second-order valence-corrected chi connectivity index (χ2v) is 10.9. The summed E-state index contributed by atoms with van der Waals surface area (Å²) in [5, 5.41) is 12.7. The normalized spacial score (nSPS) is 20.9. The number of amides is 2. The van der Waals surface area contributed by atoms with Gasteiger partial charge in [0.2, 0.25) is 11.8 Å². The molecule has 3 atom stereocenters. The Balaban J connectivity index is 1.55. The molecule has 1 fully saturated rings. The first-order valence-electron chi connectivity index (χ1n) is 13.3. The zero-order valence-electron chi connectivity index (χ0n) is 22.5. The van der Waals surface area contributed by atoms with Crippen molar-refractivity contribution in [1.29, 1.82) is 0 Å². The molecule has 4 rings (SSSR count). The van der Waals surface area contributed by atoms with Gasteiger partial charge in [-0.2, -0.15) is 13.2 Å². The molecule has 10 heteroatoms. The summed E-state index contributed by atoms with van der Waals surface area (Å²) in [6.07, 6.45) is -2.91. The number of fused-ring (bicyclic) bond motifs is 1. The van der Waals surface area contributed by atoms with E-state index in [9.17, 15) is 27.9 Å². The molecule has 0 saturated heterocycles. The van der Waals surface area contributed by atoms with Gasteiger partial charge in [-0.15, -0.1) is 0 Å². The average molecular weight is 548 g/mol. The van der Waals surface area contributed by atoms with Gasteiger partial charge in [0.15, 0.2) is 0 Å².